The van der Waals surface area contributed by atoms with Crippen molar-refractivity contribution in [2.24, 2.45) is 0 Å². The van der Waals surface area contributed by atoms with Gasteiger partial charge >= 0.3 is 6.03 Å². The van der Waals surface area contributed by atoms with E-state index >= 15 is 0 Å². The van der Waals surface area contributed by atoms with Crippen LogP contribution in [-0.2, 0) is 0 Å². The molecule has 0 unspecified atom stereocenters. The molecule has 3 heterocycles. The van der Waals surface area contributed by atoms with Gasteiger partial charge in [-0.2, -0.15) is 0 Å². The summed E-state index contributed by atoms with van der Waals surface area (Å²) in [6.07, 6.45) is 11.9. The van der Waals surface area contributed by atoms with Crippen molar-refractivity contribution in [3.63, 3.8) is 0 Å². The Labute approximate surface area is 225 Å². The molecule has 7 nitrogen and oxygen atoms in total. The van der Waals surface area contributed by atoms with Crippen LogP contribution in [0.5, 0.6) is 5.75 Å². The number of anilines is 1. The number of hydrogen-bond acceptors (Lipinski definition) is 6. The standard InChI is InChI=1S/C29H41N5O2S/c1-36-27-12-9-22(21-6-3-2-4-7-21)18-25(27)26-20-37-28(30-26)31-29(35)33-16-14-32(15-17-33)24-8-5-13-34(19-24)23-10-11-23/h9,12,18,20-21,23-24H,2-8,10-11,13-17,19H2,1H3,(H,30,31,35)/t24-/m1/s1. The Bertz CT molecular complexity index is 1070. The summed E-state index contributed by atoms with van der Waals surface area (Å²) in [6, 6.07) is 8.01. The van der Waals surface area contributed by atoms with Crippen LogP contribution in [0.1, 0.15) is 69.3 Å². The Kier molecular flexibility index (Phi) is 7.67. The zero-order valence-corrected chi connectivity index (χ0v) is 23.0. The number of piperazine rings is 1. The summed E-state index contributed by atoms with van der Waals surface area (Å²) in [6.45, 7) is 5.97. The van der Waals surface area contributed by atoms with E-state index in [1.807, 2.05) is 10.3 Å². The number of rotatable bonds is 6. The number of piperidine rings is 1. The van der Waals surface area contributed by atoms with Gasteiger partial charge in [0.05, 0.1) is 12.8 Å². The van der Waals surface area contributed by atoms with Crippen LogP contribution in [0.25, 0.3) is 11.3 Å². The van der Waals surface area contributed by atoms with E-state index in [0.29, 0.717) is 17.1 Å². The molecule has 4 fully saturated rings. The summed E-state index contributed by atoms with van der Waals surface area (Å²) in [5, 5.41) is 5.75. The number of nitrogens with zero attached hydrogens (tertiary/aromatic N) is 4. The first-order valence-electron chi connectivity index (χ1n) is 14.4. The number of amides is 2. The molecule has 1 N–H and O–H groups in total. The molecule has 2 aromatic rings. The van der Waals surface area contributed by atoms with Crippen molar-refractivity contribution >= 4 is 22.5 Å². The highest BCUT2D eigenvalue weighted by Crippen LogP contribution is 2.39. The van der Waals surface area contributed by atoms with E-state index in [1.54, 1.807) is 7.11 Å². The molecule has 2 aliphatic carbocycles. The molecule has 1 atom stereocenters. The fourth-order valence-corrected chi connectivity index (χ4v) is 7.28. The lowest BCUT2D eigenvalue weighted by molar-refractivity contribution is 0.0606. The van der Waals surface area contributed by atoms with E-state index in [2.05, 4.69) is 33.3 Å². The number of ether oxygens (including phenoxy) is 1. The van der Waals surface area contributed by atoms with Gasteiger partial charge in [-0.15, -0.1) is 11.3 Å². The lowest BCUT2D eigenvalue weighted by Gasteiger charge is -2.43. The number of carbonyl (C=O) groups excluding carboxylic acids is 1. The largest absolute Gasteiger partial charge is 0.496 e. The third-order valence-electron chi connectivity index (χ3n) is 8.90. The van der Waals surface area contributed by atoms with Crippen molar-refractivity contribution in [2.75, 3.05) is 51.7 Å². The molecule has 2 aliphatic heterocycles. The average molecular weight is 524 g/mol. The Hall–Kier alpha value is -2.16. The Morgan fingerprint density at radius 1 is 0.946 bits per heavy atom. The van der Waals surface area contributed by atoms with E-state index in [1.165, 1.54) is 87.8 Å². The minimum Gasteiger partial charge on any atom is -0.496 e. The first-order chi connectivity index (χ1) is 18.2. The third-order valence-corrected chi connectivity index (χ3v) is 9.66. The summed E-state index contributed by atoms with van der Waals surface area (Å²) in [4.78, 5) is 25.1. The van der Waals surface area contributed by atoms with Crippen LogP contribution in [0.15, 0.2) is 23.6 Å². The molecular weight excluding hydrogens is 482 g/mol. The minimum atomic E-state index is -0.0354. The van der Waals surface area contributed by atoms with Crippen molar-refractivity contribution in [3.05, 3.63) is 29.1 Å². The van der Waals surface area contributed by atoms with Gasteiger partial charge in [-0.1, -0.05) is 25.3 Å². The number of nitrogens with one attached hydrogen (secondary N) is 1. The molecular formula is C29H41N5O2S. The van der Waals surface area contributed by atoms with Crippen molar-refractivity contribution in [3.8, 4) is 17.0 Å². The molecule has 1 aromatic carbocycles. The second-order valence-corrected chi connectivity index (χ2v) is 12.2. The Morgan fingerprint density at radius 3 is 2.51 bits per heavy atom. The van der Waals surface area contributed by atoms with Gasteiger partial charge in [0.1, 0.15) is 5.75 Å². The van der Waals surface area contributed by atoms with Crippen LogP contribution in [0, 0.1) is 0 Å². The predicted molar refractivity (Wildman–Crippen MR) is 150 cm³/mol. The highest BCUT2D eigenvalue weighted by molar-refractivity contribution is 7.14. The Balaban J connectivity index is 1.05. The molecule has 6 rings (SSSR count). The smallest absolute Gasteiger partial charge is 0.323 e. The second kappa shape index (κ2) is 11.3. The van der Waals surface area contributed by atoms with Gasteiger partial charge in [-0.05, 0) is 68.7 Å². The van der Waals surface area contributed by atoms with Gasteiger partial charge in [0.25, 0.3) is 0 Å². The van der Waals surface area contributed by atoms with Gasteiger partial charge < -0.3 is 9.64 Å². The van der Waals surface area contributed by atoms with E-state index in [9.17, 15) is 4.79 Å². The predicted octanol–water partition coefficient (Wildman–Crippen LogP) is 5.64. The number of benzene rings is 1. The maximum absolute atomic E-state index is 13.1. The van der Waals surface area contributed by atoms with Crippen molar-refractivity contribution < 1.29 is 9.53 Å². The molecule has 0 spiro atoms. The maximum atomic E-state index is 13.1. The maximum Gasteiger partial charge on any atom is 0.323 e. The number of carbonyl (C=O) groups is 1. The molecule has 4 aliphatic rings. The normalized spacial score (nSPS) is 24.2. The zero-order chi connectivity index (χ0) is 25.2. The molecule has 2 saturated heterocycles. The average Bonchev–Trinajstić information content (AvgIpc) is 3.72. The molecule has 1 aromatic heterocycles. The quantitative estimate of drug-likeness (QED) is 0.531. The van der Waals surface area contributed by atoms with Crippen molar-refractivity contribution in [1.82, 2.24) is 19.7 Å². The fourth-order valence-electron chi connectivity index (χ4n) is 6.58. The zero-order valence-electron chi connectivity index (χ0n) is 22.2. The van der Waals surface area contributed by atoms with Crippen LogP contribution < -0.4 is 10.1 Å². The summed E-state index contributed by atoms with van der Waals surface area (Å²) in [5.74, 6) is 1.46. The second-order valence-electron chi connectivity index (χ2n) is 11.3. The van der Waals surface area contributed by atoms with Crippen molar-refractivity contribution in [1.29, 1.82) is 0 Å². The van der Waals surface area contributed by atoms with Crippen molar-refractivity contribution in [2.45, 2.75) is 75.8 Å². The highest BCUT2D eigenvalue weighted by Gasteiger charge is 2.35. The topological polar surface area (TPSA) is 60.9 Å². The number of urea groups is 1. The van der Waals surface area contributed by atoms with Crippen LogP contribution in [-0.4, -0.2) is 84.2 Å². The molecule has 2 saturated carbocycles. The lowest BCUT2D eigenvalue weighted by Crippen LogP contribution is -2.56. The van der Waals surface area contributed by atoms with Gasteiger partial charge in [-0.3, -0.25) is 15.1 Å². The number of aromatic nitrogens is 1. The first kappa shape index (κ1) is 25.1. The summed E-state index contributed by atoms with van der Waals surface area (Å²) in [7, 11) is 1.71. The first-order valence-corrected chi connectivity index (χ1v) is 15.2. The third kappa shape index (κ3) is 5.81. The summed E-state index contributed by atoms with van der Waals surface area (Å²) < 4.78 is 5.67. The number of likely N-dealkylation sites (tertiary alicyclic amines) is 1. The monoisotopic (exact) mass is 523 g/mol. The SMILES string of the molecule is COc1ccc(C2CCCCC2)cc1-c1csc(NC(=O)N2CCN([C@@H]3CCCN(C4CC4)C3)CC2)n1. The summed E-state index contributed by atoms with van der Waals surface area (Å²) in [5.41, 5.74) is 3.27. The van der Waals surface area contributed by atoms with Gasteiger partial charge in [0, 0.05) is 55.8 Å². The van der Waals surface area contributed by atoms with Gasteiger partial charge in [-0.25, -0.2) is 9.78 Å². The van der Waals surface area contributed by atoms with E-state index < -0.39 is 0 Å². The molecule has 0 bridgehead atoms. The van der Waals surface area contributed by atoms with E-state index in [-0.39, 0.29) is 6.03 Å². The fraction of sp³-hybridized carbons (Fsp3) is 0.655. The van der Waals surface area contributed by atoms with Crippen LogP contribution in [0.4, 0.5) is 9.93 Å². The molecule has 8 heteroatoms. The van der Waals surface area contributed by atoms with Crippen LogP contribution in [0.3, 0.4) is 0 Å². The van der Waals surface area contributed by atoms with E-state index in [4.69, 9.17) is 9.72 Å². The molecule has 0 radical (unpaired) electrons. The van der Waals surface area contributed by atoms with E-state index in [0.717, 1.165) is 49.2 Å². The highest BCUT2D eigenvalue weighted by atomic mass is 32.1. The number of hydrogen-bond donors (Lipinski definition) is 1. The van der Waals surface area contributed by atoms with Crippen LogP contribution in [0.2, 0.25) is 0 Å². The molecule has 200 valence electrons. The number of methoxy groups -OCH3 is 1. The minimum absolute atomic E-state index is 0.0354. The molecule has 37 heavy (non-hydrogen) atoms. The van der Waals surface area contributed by atoms with Gasteiger partial charge in [0.2, 0.25) is 0 Å². The lowest BCUT2D eigenvalue weighted by atomic mass is 9.83. The van der Waals surface area contributed by atoms with Crippen LogP contribution >= 0.6 is 11.3 Å². The van der Waals surface area contributed by atoms with Gasteiger partial charge in [0.15, 0.2) is 5.13 Å². The summed E-state index contributed by atoms with van der Waals surface area (Å²) >= 11 is 1.49. The molecule has 2 amide bonds. The Morgan fingerprint density at radius 2 is 1.76 bits per heavy atom. The number of thiazole rings is 1.